The summed E-state index contributed by atoms with van der Waals surface area (Å²) in [6, 6.07) is 16.8. The van der Waals surface area contributed by atoms with E-state index in [1.54, 1.807) is 0 Å². The van der Waals surface area contributed by atoms with Gasteiger partial charge in [0.2, 0.25) is 0 Å². The van der Waals surface area contributed by atoms with E-state index in [0.29, 0.717) is 6.54 Å². The van der Waals surface area contributed by atoms with Gasteiger partial charge in [0.1, 0.15) is 0 Å². The Labute approximate surface area is 118 Å². The van der Waals surface area contributed by atoms with E-state index in [1.165, 1.54) is 16.7 Å². The van der Waals surface area contributed by atoms with Gasteiger partial charge in [-0.2, -0.15) is 0 Å². The molecule has 0 bridgehead atoms. The Morgan fingerprint density at radius 1 is 1.05 bits per heavy atom. The number of hydrogen-bond donors (Lipinski definition) is 1. The van der Waals surface area contributed by atoms with Crippen LogP contribution in [0.25, 0.3) is 0 Å². The number of halogens is 1. The summed E-state index contributed by atoms with van der Waals surface area (Å²) in [6.07, 6.45) is 0. The van der Waals surface area contributed by atoms with Gasteiger partial charge in [-0.15, -0.1) is 0 Å². The standard InChI is InChI=1S/C16H17ClN2/c17-15-7-3-6-12(8-15)16(9-18)19-10-13-4-1-2-5-14(13)11-19/h1-8,16H,9-11,18H2. The highest BCUT2D eigenvalue weighted by molar-refractivity contribution is 6.30. The second-order valence-corrected chi connectivity index (χ2v) is 5.42. The molecular formula is C16H17ClN2. The fourth-order valence-corrected chi connectivity index (χ4v) is 2.99. The molecule has 3 rings (SSSR count). The Hall–Kier alpha value is -1.35. The summed E-state index contributed by atoms with van der Waals surface area (Å²) >= 11 is 6.08. The van der Waals surface area contributed by atoms with Gasteiger partial charge in [-0.05, 0) is 28.8 Å². The van der Waals surface area contributed by atoms with Gasteiger partial charge in [-0.25, -0.2) is 0 Å². The van der Waals surface area contributed by atoms with Crippen molar-refractivity contribution in [1.82, 2.24) is 4.90 Å². The van der Waals surface area contributed by atoms with Crippen molar-refractivity contribution < 1.29 is 0 Å². The van der Waals surface area contributed by atoms with E-state index in [-0.39, 0.29) is 6.04 Å². The summed E-state index contributed by atoms with van der Waals surface area (Å²) in [4.78, 5) is 2.41. The van der Waals surface area contributed by atoms with Gasteiger partial charge in [-0.3, -0.25) is 4.90 Å². The van der Waals surface area contributed by atoms with Gasteiger partial charge in [0.05, 0.1) is 0 Å². The van der Waals surface area contributed by atoms with Crippen LogP contribution in [0.2, 0.25) is 5.02 Å². The maximum absolute atomic E-state index is 6.08. The molecule has 0 saturated carbocycles. The van der Waals surface area contributed by atoms with Crippen LogP contribution in [-0.4, -0.2) is 11.4 Å². The van der Waals surface area contributed by atoms with Crippen LogP contribution in [0, 0.1) is 0 Å². The first-order valence-corrected chi connectivity index (χ1v) is 6.92. The SMILES string of the molecule is NCC(c1cccc(Cl)c1)N1Cc2ccccc2C1. The molecule has 1 aliphatic rings. The topological polar surface area (TPSA) is 29.3 Å². The molecule has 1 atom stereocenters. The highest BCUT2D eigenvalue weighted by Gasteiger charge is 2.25. The average molecular weight is 273 g/mol. The van der Waals surface area contributed by atoms with Crippen molar-refractivity contribution in [2.45, 2.75) is 19.1 Å². The van der Waals surface area contributed by atoms with E-state index in [2.05, 4.69) is 35.2 Å². The van der Waals surface area contributed by atoms with Crippen molar-refractivity contribution in [2.75, 3.05) is 6.54 Å². The number of rotatable bonds is 3. The third kappa shape index (κ3) is 2.52. The molecule has 0 spiro atoms. The minimum Gasteiger partial charge on any atom is -0.329 e. The Morgan fingerprint density at radius 2 is 1.74 bits per heavy atom. The molecule has 2 aromatic carbocycles. The Kier molecular flexibility index (Phi) is 3.56. The molecule has 2 aromatic rings. The van der Waals surface area contributed by atoms with Crippen molar-refractivity contribution in [2.24, 2.45) is 5.73 Å². The molecule has 2 nitrogen and oxygen atoms in total. The quantitative estimate of drug-likeness (QED) is 0.928. The minimum absolute atomic E-state index is 0.228. The second kappa shape index (κ2) is 5.33. The zero-order valence-corrected chi connectivity index (χ0v) is 11.5. The van der Waals surface area contributed by atoms with E-state index < -0.39 is 0 Å². The van der Waals surface area contributed by atoms with E-state index in [1.807, 2.05) is 18.2 Å². The zero-order chi connectivity index (χ0) is 13.2. The van der Waals surface area contributed by atoms with Crippen LogP contribution in [-0.2, 0) is 13.1 Å². The molecule has 0 saturated heterocycles. The second-order valence-electron chi connectivity index (χ2n) is 4.98. The lowest BCUT2D eigenvalue weighted by molar-refractivity contribution is 0.205. The number of hydrogen-bond acceptors (Lipinski definition) is 2. The summed E-state index contributed by atoms with van der Waals surface area (Å²) in [5.41, 5.74) is 9.99. The maximum atomic E-state index is 6.08. The zero-order valence-electron chi connectivity index (χ0n) is 10.7. The van der Waals surface area contributed by atoms with Gasteiger partial charge in [0, 0.05) is 30.7 Å². The van der Waals surface area contributed by atoms with Crippen molar-refractivity contribution in [3.63, 3.8) is 0 Å². The number of fused-ring (bicyclic) bond motifs is 1. The van der Waals surface area contributed by atoms with Gasteiger partial charge >= 0.3 is 0 Å². The average Bonchev–Trinajstić information content (AvgIpc) is 2.83. The largest absolute Gasteiger partial charge is 0.329 e. The van der Waals surface area contributed by atoms with Crippen molar-refractivity contribution in [3.8, 4) is 0 Å². The van der Waals surface area contributed by atoms with Crippen LogP contribution in [0.15, 0.2) is 48.5 Å². The number of nitrogens with two attached hydrogens (primary N) is 1. The normalized spacial score (nSPS) is 16.3. The van der Waals surface area contributed by atoms with Crippen LogP contribution in [0.3, 0.4) is 0 Å². The lowest BCUT2D eigenvalue weighted by Gasteiger charge is -2.26. The monoisotopic (exact) mass is 272 g/mol. The van der Waals surface area contributed by atoms with Gasteiger partial charge in [0.15, 0.2) is 0 Å². The lowest BCUT2D eigenvalue weighted by atomic mass is 10.1. The fourth-order valence-electron chi connectivity index (χ4n) is 2.79. The van der Waals surface area contributed by atoms with Crippen molar-refractivity contribution in [1.29, 1.82) is 0 Å². The molecule has 0 amide bonds. The number of nitrogens with zero attached hydrogens (tertiary/aromatic N) is 1. The Balaban J connectivity index is 1.86. The third-order valence-electron chi connectivity index (χ3n) is 3.76. The molecular weight excluding hydrogens is 256 g/mol. The molecule has 1 aliphatic heterocycles. The van der Waals surface area contributed by atoms with Gasteiger partial charge in [0.25, 0.3) is 0 Å². The summed E-state index contributed by atoms with van der Waals surface area (Å²) in [5.74, 6) is 0. The van der Waals surface area contributed by atoms with Crippen LogP contribution in [0.4, 0.5) is 0 Å². The van der Waals surface area contributed by atoms with Crippen LogP contribution < -0.4 is 5.73 Å². The molecule has 1 unspecified atom stereocenters. The Bertz CT molecular complexity index is 557. The van der Waals surface area contributed by atoms with Crippen LogP contribution >= 0.6 is 11.6 Å². The van der Waals surface area contributed by atoms with E-state index in [9.17, 15) is 0 Å². The van der Waals surface area contributed by atoms with Gasteiger partial charge in [-0.1, -0.05) is 48.0 Å². The molecule has 2 N–H and O–H groups in total. The Morgan fingerprint density at radius 3 is 2.32 bits per heavy atom. The van der Waals surface area contributed by atoms with Crippen molar-refractivity contribution >= 4 is 11.6 Å². The summed E-state index contributed by atoms with van der Waals surface area (Å²) < 4.78 is 0. The van der Waals surface area contributed by atoms with Crippen LogP contribution in [0.1, 0.15) is 22.7 Å². The molecule has 0 aromatic heterocycles. The summed E-state index contributed by atoms with van der Waals surface area (Å²) in [5, 5.41) is 0.771. The van der Waals surface area contributed by atoms with Crippen molar-refractivity contribution in [3.05, 3.63) is 70.2 Å². The summed E-state index contributed by atoms with van der Waals surface area (Å²) in [6.45, 7) is 2.53. The summed E-state index contributed by atoms with van der Waals surface area (Å²) in [7, 11) is 0. The predicted molar refractivity (Wildman–Crippen MR) is 78.9 cm³/mol. The minimum atomic E-state index is 0.228. The van der Waals surface area contributed by atoms with E-state index in [4.69, 9.17) is 17.3 Å². The van der Waals surface area contributed by atoms with Crippen LogP contribution in [0.5, 0.6) is 0 Å². The first-order valence-electron chi connectivity index (χ1n) is 6.54. The molecule has 19 heavy (non-hydrogen) atoms. The third-order valence-corrected chi connectivity index (χ3v) is 4.00. The first-order chi connectivity index (χ1) is 9.28. The molecule has 0 fully saturated rings. The first kappa shape index (κ1) is 12.7. The molecule has 0 radical (unpaired) electrons. The highest BCUT2D eigenvalue weighted by Crippen LogP contribution is 2.31. The molecule has 3 heteroatoms. The molecule has 1 heterocycles. The molecule has 98 valence electrons. The maximum Gasteiger partial charge on any atom is 0.0478 e. The van der Waals surface area contributed by atoms with E-state index in [0.717, 1.165) is 18.1 Å². The predicted octanol–water partition coefficient (Wildman–Crippen LogP) is 3.36. The highest BCUT2D eigenvalue weighted by atomic mass is 35.5. The van der Waals surface area contributed by atoms with E-state index >= 15 is 0 Å². The number of benzene rings is 2. The lowest BCUT2D eigenvalue weighted by Crippen LogP contribution is -2.29. The smallest absolute Gasteiger partial charge is 0.0478 e. The fraction of sp³-hybridized carbons (Fsp3) is 0.250. The molecule has 0 aliphatic carbocycles. The van der Waals surface area contributed by atoms with Gasteiger partial charge < -0.3 is 5.73 Å².